The zero-order chi connectivity index (χ0) is 28.4. The zero-order valence-corrected chi connectivity index (χ0v) is 23.4. The van der Waals surface area contributed by atoms with Crippen LogP contribution < -0.4 is 9.46 Å². The third kappa shape index (κ3) is 8.47. The van der Waals surface area contributed by atoms with Crippen molar-refractivity contribution in [3.05, 3.63) is 83.4 Å². The van der Waals surface area contributed by atoms with E-state index in [-0.39, 0.29) is 31.9 Å². The second-order valence-electron chi connectivity index (χ2n) is 8.78. The smallest absolute Gasteiger partial charge is 0.410 e. The first-order valence-corrected chi connectivity index (χ1v) is 14.4. The summed E-state index contributed by atoms with van der Waals surface area (Å²) in [5.41, 5.74) is 3.77. The van der Waals surface area contributed by atoms with Crippen molar-refractivity contribution < 1.29 is 32.2 Å². The lowest BCUT2D eigenvalue weighted by Gasteiger charge is -2.23. The molecule has 3 aromatic rings. The average molecular weight is 555 g/mol. The Kier molecular flexibility index (Phi) is 10.3. The van der Waals surface area contributed by atoms with Crippen molar-refractivity contribution in [3.8, 4) is 16.9 Å². The van der Waals surface area contributed by atoms with Gasteiger partial charge in [-0.15, -0.1) is 0 Å². The van der Waals surface area contributed by atoms with E-state index in [1.165, 1.54) is 7.11 Å². The number of anilines is 1. The van der Waals surface area contributed by atoms with Gasteiger partial charge in [-0.05, 0) is 42.2 Å². The summed E-state index contributed by atoms with van der Waals surface area (Å²) in [6.45, 7) is 4.62. The van der Waals surface area contributed by atoms with E-state index >= 15 is 0 Å². The molecule has 9 nitrogen and oxygen atoms in total. The fourth-order valence-corrected chi connectivity index (χ4v) is 4.64. The SMILES string of the molecule is CCOC(=O)Cc1cc(-c2ccccc2CN(CC)C(=O)OCc2ccccc2)c(OC)cc1NS(C)(=O)=O. The minimum atomic E-state index is -3.63. The van der Waals surface area contributed by atoms with Gasteiger partial charge in [0.15, 0.2) is 0 Å². The van der Waals surface area contributed by atoms with Gasteiger partial charge in [-0.2, -0.15) is 0 Å². The largest absolute Gasteiger partial charge is 0.496 e. The second-order valence-corrected chi connectivity index (χ2v) is 10.5. The molecule has 10 heteroatoms. The number of methoxy groups -OCH3 is 1. The van der Waals surface area contributed by atoms with Crippen LogP contribution >= 0.6 is 0 Å². The molecule has 0 aromatic heterocycles. The molecule has 0 aliphatic carbocycles. The van der Waals surface area contributed by atoms with Crippen molar-refractivity contribution in [2.45, 2.75) is 33.4 Å². The van der Waals surface area contributed by atoms with E-state index < -0.39 is 22.1 Å². The highest BCUT2D eigenvalue weighted by Crippen LogP contribution is 2.38. The average Bonchev–Trinajstić information content (AvgIpc) is 2.91. The maximum atomic E-state index is 12.9. The van der Waals surface area contributed by atoms with Crippen LogP contribution in [0.25, 0.3) is 11.1 Å². The Morgan fingerprint density at radius 3 is 2.23 bits per heavy atom. The van der Waals surface area contributed by atoms with Crippen LogP contribution in [0.2, 0.25) is 0 Å². The van der Waals surface area contributed by atoms with Gasteiger partial charge < -0.3 is 19.1 Å². The Morgan fingerprint density at radius 1 is 0.897 bits per heavy atom. The molecule has 0 bridgehead atoms. The number of hydrogen-bond donors (Lipinski definition) is 1. The van der Waals surface area contributed by atoms with Crippen LogP contribution in [-0.2, 0) is 43.9 Å². The first-order valence-electron chi connectivity index (χ1n) is 12.5. The summed E-state index contributed by atoms with van der Waals surface area (Å²) in [5.74, 6) is -0.0901. The minimum absolute atomic E-state index is 0.141. The number of benzene rings is 3. The number of sulfonamides is 1. The number of amides is 1. The summed E-state index contributed by atoms with van der Waals surface area (Å²) in [4.78, 5) is 26.8. The van der Waals surface area contributed by atoms with Crippen molar-refractivity contribution in [2.24, 2.45) is 0 Å². The lowest BCUT2D eigenvalue weighted by Crippen LogP contribution is -2.31. The summed E-state index contributed by atoms with van der Waals surface area (Å²) < 4.78 is 42.8. The van der Waals surface area contributed by atoms with Crippen LogP contribution in [0.5, 0.6) is 5.75 Å². The minimum Gasteiger partial charge on any atom is -0.496 e. The van der Waals surface area contributed by atoms with E-state index in [2.05, 4.69) is 4.72 Å². The molecular weight excluding hydrogens is 520 g/mol. The molecule has 0 aliphatic rings. The number of carbonyl (C=O) groups excluding carboxylic acids is 2. The van der Waals surface area contributed by atoms with E-state index in [1.54, 1.807) is 24.0 Å². The number of esters is 1. The Balaban J connectivity index is 1.97. The normalized spacial score (nSPS) is 11.0. The lowest BCUT2D eigenvalue weighted by atomic mass is 9.95. The number of ether oxygens (including phenoxy) is 3. The highest BCUT2D eigenvalue weighted by atomic mass is 32.2. The van der Waals surface area contributed by atoms with Crippen molar-refractivity contribution in [1.82, 2.24) is 4.90 Å². The number of hydrogen-bond acceptors (Lipinski definition) is 7. The predicted octanol–water partition coefficient (Wildman–Crippen LogP) is 5.00. The van der Waals surface area contributed by atoms with E-state index in [0.29, 0.717) is 23.4 Å². The van der Waals surface area contributed by atoms with Crippen LogP contribution in [-0.4, -0.2) is 51.9 Å². The van der Waals surface area contributed by atoms with Gasteiger partial charge in [0.05, 0.1) is 32.1 Å². The second kappa shape index (κ2) is 13.7. The predicted molar refractivity (Wildman–Crippen MR) is 150 cm³/mol. The van der Waals surface area contributed by atoms with Gasteiger partial charge >= 0.3 is 12.1 Å². The molecule has 0 aliphatic heterocycles. The fourth-order valence-electron chi connectivity index (χ4n) is 4.06. The maximum absolute atomic E-state index is 12.9. The molecule has 0 saturated heterocycles. The van der Waals surface area contributed by atoms with Gasteiger partial charge in [0.1, 0.15) is 12.4 Å². The van der Waals surface area contributed by atoms with Crippen molar-refractivity contribution >= 4 is 27.8 Å². The summed E-state index contributed by atoms with van der Waals surface area (Å²) in [6, 6.07) is 20.2. The van der Waals surface area contributed by atoms with E-state index in [9.17, 15) is 18.0 Å². The highest BCUT2D eigenvalue weighted by Gasteiger charge is 2.21. The number of carbonyl (C=O) groups is 2. The van der Waals surface area contributed by atoms with Crippen molar-refractivity contribution in [2.75, 3.05) is 31.2 Å². The van der Waals surface area contributed by atoms with Crippen LogP contribution in [0.1, 0.15) is 30.5 Å². The van der Waals surface area contributed by atoms with E-state index in [0.717, 1.165) is 22.9 Å². The molecule has 3 rings (SSSR count). The molecule has 0 unspecified atom stereocenters. The number of nitrogens with one attached hydrogen (secondary N) is 1. The standard InChI is InChI=1S/C29H34N2O7S/c1-5-31(29(33)38-20-21-12-8-7-9-13-21)19-22-14-10-11-15-24(22)25-16-23(17-28(32)37-6-2)26(18-27(25)36-3)30-39(4,34)35/h7-16,18,30H,5-6,17,19-20H2,1-4H3. The van der Waals surface area contributed by atoms with Crippen molar-refractivity contribution in [1.29, 1.82) is 0 Å². The van der Waals surface area contributed by atoms with Crippen LogP contribution in [0.3, 0.4) is 0 Å². The van der Waals surface area contributed by atoms with E-state index in [1.807, 2.05) is 61.5 Å². The summed E-state index contributed by atoms with van der Waals surface area (Å²) >= 11 is 0. The first-order chi connectivity index (χ1) is 18.6. The topological polar surface area (TPSA) is 111 Å². The third-order valence-electron chi connectivity index (χ3n) is 5.87. The molecule has 208 valence electrons. The maximum Gasteiger partial charge on any atom is 0.410 e. The number of rotatable bonds is 12. The third-order valence-corrected chi connectivity index (χ3v) is 6.47. The summed E-state index contributed by atoms with van der Waals surface area (Å²) in [7, 11) is -2.15. The molecule has 0 radical (unpaired) electrons. The molecule has 3 aromatic carbocycles. The van der Waals surface area contributed by atoms with Crippen LogP contribution in [0.4, 0.5) is 10.5 Å². The van der Waals surface area contributed by atoms with Gasteiger partial charge in [-0.1, -0.05) is 54.6 Å². The quantitative estimate of drug-likeness (QED) is 0.314. The van der Waals surface area contributed by atoms with Gasteiger partial charge in [-0.25, -0.2) is 13.2 Å². The van der Waals surface area contributed by atoms with E-state index in [4.69, 9.17) is 14.2 Å². The summed E-state index contributed by atoms with van der Waals surface area (Å²) in [6.07, 6.45) is 0.448. The molecule has 0 atom stereocenters. The monoisotopic (exact) mass is 554 g/mol. The fraction of sp³-hybridized carbons (Fsp3) is 0.310. The van der Waals surface area contributed by atoms with Gasteiger partial charge in [-0.3, -0.25) is 9.52 Å². The Labute approximate surface area is 229 Å². The molecule has 39 heavy (non-hydrogen) atoms. The highest BCUT2D eigenvalue weighted by molar-refractivity contribution is 7.92. The van der Waals surface area contributed by atoms with Gasteiger partial charge in [0, 0.05) is 24.7 Å². The Hall–Kier alpha value is -4.05. The molecule has 0 saturated carbocycles. The van der Waals surface area contributed by atoms with Crippen LogP contribution in [0, 0.1) is 0 Å². The molecule has 1 N–H and O–H groups in total. The lowest BCUT2D eigenvalue weighted by molar-refractivity contribution is -0.142. The molecule has 0 fully saturated rings. The first kappa shape index (κ1) is 29.5. The van der Waals surface area contributed by atoms with Gasteiger partial charge in [0.2, 0.25) is 10.0 Å². The summed E-state index contributed by atoms with van der Waals surface area (Å²) in [5, 5.41) is 0. The van der Waals surface area contributed by atoms with Crippen LogP contribution in [0.15, 0.2) is 66.7 Å². The van der Waals surface area contributed by atoms with Gasteiger partial charge in [0.25, 0.3) is 0 Å². The molecule has 1 amide bonds. The van der Waals surface area contributed by atoms with Crippen molar-refractivity contribution in [3.63, 3.8) is 0 Å². The number of nitrogens with zero attached hydrogens (tertiary/aromatic N) is 1. The molecule has 0 spiro atoms. The Bertz CT molecular complexity index is 1390. The Morgan fingerprint density at radius 2 is 1.59 bits per heavy atom. The zero-order valence-electron chi connectivity index (χ0n) is 22.6. The molecule has 0 heterocycles. The molecular formula is C29H34N2O7S.